The smallest absolute Gasteiger partial charge is 0.203 e. The van der Waals surface area contributed by atoms with Gasteiger partial charge in [0.1, 0.15) is 0 Å². The summed E-state index contributed by atoms with van der Waals surface area (Å²) >= 11 is 0. The van der Waals surface area contributed by atoms with E-state index in [0.29, 0.717) is 47.5 Å². The van der Waals surface area contributed by atoms with E-state index < -0.39 is 0 Å². The lowest BCUT2D eigenvalue weighted by atomic mass is 9.97. The van der Waals surface area contributed by atoms with Crippen LogP contribution in [0.5, 0.6) is 28.7 Å². The third-order valence-electron chi connectivity index (χ3n) is 4.58. The number of hydrogen-bond donors (Lipinski definition) is 0. The lowest BCUT2D eigenvalue weighted by Crippen LogP contribution is -2.26. The second kappa shape index (κ2) is 8.47. The minimum absolute atomic E-state index is 0.0877. The lowest BCUT2D eigenvalue weighted by molar-refractivity contribution is 0.104. The maximum absolute atomic E-state index is 12.7. The number of methoxy groups -OCH3 is 3. The molecule has 0 fully saturated rings. The maximum Gasteiger partial charge on any atom is 0.203 e. The van der Waals surface area contributed by atoms with Crippen molar-refractivity contribution in [3.05, 3.63) is 47.5 Å². The van der Waals surface area contributed by atoms with Gasteiger partial charge in [-0.25, -0.2) is 0 Å². The van der Waals surface area contributed by atoms with Crippen LogP contribution >= 0.6 is 0 Å². The van der Waals surface area contributed by atoms with Crippen molar-refractivity contribution in [2.45, 2.75) is 13.8 Å². The minimum atomic E-state index is -0.145. The summed E-state index contributed by atoms with van der Waals surface area (Å²) in [7, 11) is 4.65. The van der Waals surface area contributed by atoms with E-state index in [4.69, 9.17) is 23.7 Å². The molecule has 29 heavy (non-hydrogen) atoms. The third kappa shape index (κ3) is 4.65. The zero-order valence-electron chi connectivity index (χ0n) is 17.4. The van der Waals surface area contributed by atoms with Crippen LogP contribution < -0.4 is 23.7 Å². The summed E-state index contributed by atoms with van der Waals surface area (Å²) in [5.74, 6) is 2.65. The van der Waals surface area contributed by atoms with Gasteiger partial charge in [0.15, 0.2) is 28.8 Å². The van der Waals surface area contributed by atoms with E-state index in [-0.39, 0.29) is 11.2 Å². The molecule has 0 saturated heterocycles. The van der Waals surface area contributed by atoms with Crippen LogP contribution in [-0.4, -0.2) is 40.3 Å². The lowest BCUT2D eigenvalue weighted by Gasteiger charge is -2.19. The van der Waals surface area contributed by atoms with Crippen molar-refractivity contribution in [3.8, 4) is 28.7 Å². The first-order valence-corrected chi connectivity index (χ1v) is 9.29. The molecule has 0 amide bonds. The molecule has 1 aliphatic heterocycles. The van der Waals surface area contributed by atoms with Gasteiger partial charge in [0.05, 0.1) is 34.5 Å². The number of ether oxygens (including phenoxy) is 5. The molecule has 0 N–H and O–H groups in total. The van der Waals surface area contributed by atoms with Crippen molar-refractivity contribution in [1.82, 2.24) is 0 Å². The summed E-state index contributed by atoms with van der Waals surface area (Å²) < 4.78 is 27.7. The molecule has 1 heterocycles. The fourth-order valence-corrected chi connectivity index (χ4v) is 2.95. The normalized spacial score (nSPS) is 14.9. The van der Waals surface area contributed by atoms with Crippen LogP contribution in [0.1, 0.15) is 29.8 Å². The quantitative estimate of drug-likeness (QED) is 0.531. The van der Waals surface area contributed by atoms with E-state index in [1.165, 1.54) is 6.08 Å². The second-order valence-electron chi connectivity index (χ2n) is 7.56. The number of benzene rings is 2. The SMILES string of the molecule is COc1cc(/C=C/C(=O)c2ccc3c(c2)OCC(C)(C)CO3)cc(OC)c1OC. The van der Waals surface area contributed by atoms with Gasteiger partial charge in [-0.3, -0.25) is 4.79 Å². The van der Waals surface area contributed by atoms with Crippen molar-refractivity contribution < 1.29 is 28.5 Å². The van der Waals surface area contributed by atoms with Crippen molar-refractivity contribution in [1.29, 1.82) is 0 Å². The highest BCUT2D eigenvalue weighted by atomic mass is 16.5. The Balaban J connectivity index is 1.82. The Morgan fingerprint density at radius 1 is 0.931 bits per heavy atom. The standard InChI is InChI=1S/C23H26O6/c1-23(2)13-28-18-9-7-16(12-19(18)29-14-23)17(24)8-6-15-10-20(25-3)22(27-5)21(11-15)26-4/h6-12H,13-14H2,1-5H3/b8-6+. The highest BCUT2D eigenvalue weighted by Crippen LogP contribution is 2.38. The van der Waals surface area contributed by atoms with Crippen LogP contribution in [-0.2, 0) is 0 Å². The Morgan fingerprint density at radius 2 is 1.55 bits per heavy atom. The van der Waals surface area contributed by atoms with E-state index >= 15 is 0 Å². The summed E-state index contributed by atoms with van der Waals surface area (Å²) in [5, 5.41) is 0. The van der Waals surface area contributed by atoms with E-state index in [1.54, 1.807) is 57.7 Å². The molecule has 6 nitrogen and oxygen atoms in total. The van der Waals surface area contributed by atoms with Gasteiger partial charge >= 0.3 is 0 Å². The first-order chi connectivity index (χ1) is 13.9. The molecular weight excluding hydrogens is 372 g/mol. The molecule has 0 radical (unpaired) electrons. The summed E-state index contributed by atoms with van der Waals surface area (Å²) in [4.78, 5) is 12.7. The van der Waals surface area contributed by atoms with Gasteiger partial charge in [-0.2, -0.15) is 0 Å². The molecule has 1 aliphatic rings. The highest BCUT2D eigenvalue weighted by Gasteiger charge is 2.25. The predicted octanol–water partition coefficient (Wildman–Crippen LogP) is 4.41. The van der Waals surface area contributed by atoms with Gasteiger partial charge in [-0.15, -0.1) is 0 Å². The second-order valence-corrected chi connectivity index (χ2v) is 7.56. The Bertz CT molecular complexity index is 904. The molecular formula is C23H26O6. The average Bonchev–Trinajstić information content (AvgIpc) is 2.88. The van der Waals surface area contributed by atoms with Gasteiger partial charge < -0.3 is 23.7 Å². The number of allylic oxidation sites excluding steroid dienone is 1. The minimum Gasteiger partial charge on any atom is -0.493 e. The van der Waals surface area contributed by atoms with Gasteiger partial charge in [-0.1, -0.05) is 19.9 Å². The molecule has 2 aromatic carbocycles. The number of rotatable bonds is 6. The number of ketones is 1. The molecule has 3 rings (SSSR count). The van der Waals surface area contributed by atoms with Gasteiger partial charge in [0.25, 0.3) is 0 Å². The van der Waals surface area contributed by atoms with Crippen LogP contribution in [0, 0.1) is 5.41 Å². The Kier molecular flexibility index (Phi) is 6.01. The fourth-order valence-electron chi connectivity index (χ4n) is 2.95. The first-order valence-electron chi connectivity index (χ1n) is 9.29. The Hall–Kier alpha value is -3.15. The molecule has 0 aliphatic carbocycles. The van der Waals surface area contributed by atoms with Crippen molar-refractivity contribution >= 4 is 11.9 Å². The summed E-state index contributed by atoms with van der Waals surface area (Å²) in [6.45, 7) is 5.24. The van der Waals surface area contributed by atoms with E-state index in [2.05, 4.69) is 13.8 Å². The van der Waals surface area contributed by atoms with Gasteiger partial charge in [0.2, 0.25) is 5.75 Å². The summed E-state index contributed by atoms with van der Waals surface area (Å²) in [6, 6.07) is 8.79. The average molecular weight is 398 g/mol. The van der Waals surface area contributed by atoms with Gasteiger partial charge in [0, 0.05) is 11.0 Å². The highest BCUT2D eigenvalue weighted by molar-refractivity contribution is 6.07. The number of carbonyl (C=O) groups is 1. The molecule has 154 valence electrons. The molecule has 0 saturated carbocycles. The van der Waals surface area contributed by atoms with Crippen molar-refractivity contribution in [2.24, 2.45) is 5.41 Å². The predicted molar refractivity (Wildman–Crippen MR) is 111 cm³/mol. The zero-order chi connectivity index (χ0) is 21.0. The third-order valence-corrected chi connectivity index (χ3v) is 4.58. The molecule has 0 unspecified atom stereocenters. The summed E-state index contributed by atoms with van der Waals surface area (Å²) in [6.07, 6.45) is 3.21. The molecule has 0 aromatic heterocycles. The molecule has 0 bridgehead atoms. The maximum atomic E-state index is 12.7. The molecule has 0 spiro atoms. The fraction of sp³-hybridized carbons (Fsp3) is 0.348. The van der Waals surface area contributed by atoms with Crippen LogP contribution in [0.2, 0.25) is 0 Å². The van der Waals surface area contributed by atoms with E-state index in [0.717, 1.165) is 5.56 Å². The van der Waals surface area contributed by atoms with Gasteiger partial charge in [-0.05, 0) is 42.0 Å². The molecule has 2 aromatic rings. The largest absolute Gasteiger partial charge is 0.493 e. The monoisotopic (exact) mass is 398 g/mol. The van der Waals surface area contributed by atoms with Crippen LogP contribution in [0.15, 0.2) is 36.4 Å². The number of fused-ring (bicyclic) bond motifs is 1. The van der Waals surface area contributed by atoms with Crippen molar-refractivity contribution in [2.75, 3.05) is 34.5 Å². The van der Waals surface area contributed by atoms with Crippen molar-refractivity contribution in [3.63, 3.8) is 0 Å². The number of carbonyl (C=O) groups excluding carboxylic acids is 1. The number of hydrogen-bond acceptors (Lipinski definition) is 6. The van der Waals surface area contributed by atoms with Crippen LogP contribution in [0.4, 0.5) is 0 Å². The van der Waals surface area contributed by atoms with Crippen LogP contribution in [0.25, 0.3) is 6.08 Å². The molecule has 0 atom stereocenters. The van der Waals surface area contributed by atoms with E-state index in [9.17, 15) is 4.79 Å². The first kappa shape index (κ1) is 20.6. The zero-order valence-corrected chi connectivity index (χ0v) is 17.4. The van der Waals surface area contributed by atoms with Crippen LogP contribution in [0.3, 0.4) is 0 Å². The van der Waals surface area contributed by atoms with E-state index in [1.807, 2.05) is 0 Å². The Labute approximate surface area is 171 Å². The molecule has 6 heteroatoms. The summed E-state index contributed by atoms with van der Waals surface area (Å²) in [5.41, 5.74) is 1.19. The topological polar surface area (TPSA) is 63.2 Å². The Morgan fingerprint density at radius 3 is 2.14 bits per heavy atom.